The maximum Gasteiger partial charge on any atom is 0.254 e. The van der Waals surface area contributed by atoms with Gasteiger partial charge in [-0.15, -0.1) is 10.2 Å². The Labute approximate surface area is 182 Å². The van der Waals surface area contributed by atoms with Crippen LogP contribution in [0.5, 0.6) is 0 Å². The molecule has 10 heteroatoms. The van der Waals surface area contributed by atoms with Gasteiger partial charge < -0.3 is 15.2 Å². The topological polar surface area (TPSA) is 88.9 Å². The number of anilines is 1. The third kappa shape index (κ3) is 5.88. The van der Waals surface area contributed by atoms with Crippen molar-refractivity contribution in [1.82, 2.24) is 20.1 Å². The van der Waals surface area contributed by atoms with Crippen LogP contribution in [-0.4, -0.2) is 38.9 Å². The minimum Gasteiger partial charge on any atom is -0.351 e. The Bertz CT molecular complexity index is 1100. The summed E-state index contributed by atoms with van der Waals surface area (Å²) in [5, 5.41) is 14.0. The molecule has 0 fully saturated rings. The minimum atomic E-state index is -0.580. The number of thioether (sulfide) groups is 1. The first-order valence-corrected chi connectivity index (χ1v) is 10.4. The summed E-state index contributed by atoms with van der Waals surface area (Å²) in [6.45, 7) is 2.03. The molecular formula is C21H21F2N5O2S. The number of amides is 2. The zero-order valence-electron chi connectivity index (χ0n) is 17.0. The number of hydrogen-bond donors (Lipinski definition) is 2. The molecule has 2 N–H and O–H groups in total. The molecular weight excluding hydrogens is 424 g/mol. The van der Waals surface area contributed by atoms with Crippen LogP contribution in [-0.2, 0) is 18.3 Å². The molecule has 0 radical (unpaired) electrons. The van der Waals surface area contributed by atoms with Gasteiger partial charge in [-0.25, -0.2) is 8.78 Å². The Hall–Kier alpha value is -3.27. The van der Waals surface area contributed by atoms with Gasteiger partial charge >= 0.3 is 0 Å². The Morgan fingerprint density at radius 1 is 1.13 bits per heavy atom. The molecule has 3 aromatic rings. The first-order chi connectivity index (χ1) is 14.8. The highest BCUT2D eigenvalue weighted by molar-refractivity contribution is 7.99. The highest BCUT2D eigenvalue weighted by atomic mass is 32.2. The highest BCUT2D eigenvalue weighted by Gasteiger charge is 2.14. The van der Waals surface area contributed by atoms with Gasteiger partial charge in [-0.2, -0.15) is 0 Å². The summed E-state index contributed by atoms with van der Waals surface area (Å²) in [7, 11) is 1.75. The standard InChI is InChI=1S/C21H21F2N5O2S/c1-13-7-8-14(22)11-17(13)25-19(29)12-31-21-27-26-18(28(21)2)9-10-24-20(30)15-5-3-4-6-16(15)23/h3-8,11H,9-10,12H2,1-2H3,(H,24,30)(H,25,29). The summed E-state index contributed by atoms with van der Waals surface area (Å²) in [6.07, 6.45) is 0.388. The number of benzene rings is 2. The van der Waals surface area contributed by atoms with Gasteiger partial charge in [0.2, 0.25) is 5.91 Å². The van der Waals surface area contributed by atoms with Crippen molar-refractivity contribution in [1.29, 1.82) is 0 Å². The zero-order valence-corrected chi connectivity index (χ0v) is 17.8. The molecule has 1 heterocycles. The van der Waals surface area contributed by atoms with Crippen LogP contribution in [0.1, 0.15) is 21.7 Å². The third-order valence-corrected chi connectivity index (χ3v) is 5.50. The number of nitrogens with zero attached hydrogens (tertiary/aromatic N) is 3. The van der Waals surface area contributed by atoms with E-state index in [-0.39, 0.29) is 23.8 Å². The molecule has 0 aliphatic rings. The van der Waals surface area contributed by atoms with Crippen LogP contribution in [0, 0.1) is 18.6 Å². The van der Waals surface area contributed by atoms with Gasteiger partial charge in [0.25, 0.3) is 5.91 Å². The number of carbonyl (C=O) groups is 2. The molecule has 0 saturated heterocycles. The molecule has 7 nitrogen and oxygen atoms in total. The van der Waals surface area contributed by atoms with Crippen molar-refractivity contribution in [2.75, 3.05) is 17.6 Å². The molecule has 2 aromatic carbocycles. The predicted octanol–water partition coefficient (Wildman–Crippen LogP) is 3.11. The molecule has 0 atom stereocenters. The maximum atomic E-state index is 13.6. The third-order valence-electron chi connectivity index (χ3n) is 4.48. The molecule has 0 saturated carbocycles. The fourth-order valence-electron chi connectivity index (χ4n) is 2.76. The molecule has 0 unspecified atom stereocenters. The van der Waals surface area contributed by atoms with Crippen molar-refractivity contribution in [3.63, 3.8) is 0 Å². The van der Waals surface area contributed by atoms with Crippen LogP contribution >= 0.6 is 11.8 Å². The molecule has 0 aliphatic heterocycles. The van der Waals surface area contributed by atoms with Gasteiger partial charge in [-0.3, -0.25) is 9.59 Å². The quantitative estimate of drug-likeness (QED) is 0.520. The lowest BCUT2D eigenvalue weighted by atomic mass is 10.2. The van der Waals surface area contributed by atoms with Crippen molar-refractivity contribution in [3.8, 4) is 0 Å². The summed E-state index contributed by atoms with van der Waals surface area (Å²) in [5.41, 5.74) is 1.17. The lowest BCUT2D eigenvalue weighted by molar-refractivity contribution is -0.113. The summed E-state index contributed by atoms with van der Waals surface area (Å²) < 4.78 is 28.7. The monoisotopic (exact) mass is 445 g/mol. The predicted molar refractivity (Wildman–Crippen MR) is 114 cm³/mol. The molecule has 2 amide bonds. The second-order valence-corrected chi connectivity index (χ2v) is 7.68. The normalized spacial score (nSPS) is 10.7. The van der Waals surface area contributed by atoms with E-state index in [1.165, 1.54) is 42.1 Å². The number of carbonyl (C=O) groups excluding carboxylic acids is 2. The van der Waals surface area contributed by atoms with E-state index in [4.69, 9.17) is 0 Å². The van der Waals surface area contributed by atoms with Gasteiger partial charge in [0.15, 0.2) is 5.16 Å². The molecule has 31 heavy (non-hydrogen) atoms. The molecule has 1 aromatic heterocycles. The van der Waals surface area contributed by atoms with Crippen LogP contribution in [0.25, 0.3) is 0 Å². The lowest BCUT2D eigenvalue weighted by Gasteiger charge is -2.08. The van der Waals surface area contributed by atoms with E-state index in [9.17, 15) is 18.4 Å². The largest absolute Gasteiger partial charge is 0.351 e. The van der Waals surface area contributed by atoms with Crippen molar-refractivity contribution in [2.45, 2.75) is 18.5 Å². The number of hydrogen-bond acceptors (Lipinski definition) is 5. The van der Waals surface area contributed by atoms with E-state index in [0.29, 0.717) is 23.1 Å². The Kier molecular flexibility index (Phi) is 7.35. The SMILES string of the molecule is Cc1ccc(F)cc1NC(=O)CSc1nnc(CCNC(=O)c2ccccc2F)n1C. The van der Waals surface area contributed by atoms with Crippen LogP contribution in [0.3, 0.4) is 0 Å². The first-order valence-electron chi connectivity index (χ1n) is 9.45. The second kappa shape index (κ2) is 10.2. The van der Waals surface area contributed by atoms with Gasteiger partial charge in [-0.1, -0.05) is 30.0 Å². The van der Waals surface area contributed by atoms with Gasteiger partial charge in [0.1, 0.15) is 17.5 Å². The fourth-order valence-corrected chi connectivity index (χ4v) is 3.49. The summed E-state index contributed by atoms with van der Waals surface area (Å²) >= 11 is 1.19. The van der Waals surface area contributed by atoms with Crippen molar-refractivity contribution >= 4 is 29.3 Å². The van der Waals surface area contributed by atoms with Crippen molar-refractivity contribution in [2.24, 2.45) is 7.05 Å². The Morgan fingerprint density at radius 2 is 1.90 bits per heavy atom. The number of aromatic nitrogens is 3. The highest BCUT2D eigenvalue weighted by Crippen LogP contribution is 2.19. The molecule has 0 aliphatic carbocycles. The summed E-state index contributed by atoms with van der Waals surface area (Å²) in [4.78, 5) is 24.2. The van der Waals surface area contributed by atoms with Crippen LogP contribution in [0.15, 0.2) is 47.6 Å². The molecule has 162 valence electrons. The smallest absolute Gasteiger partial charge is 0.254 e. The molecule has 0 spiro atoms. The average molecular weight is 445 g/mol. The van der Waals surface area contributed by atoms with E-state index in [2.05, 4.69) is 20.8 Å². The maximum absolute atomic E-state index is 13.6. The number of nitrogens with one attached hydrogen (secondary N) is 2. The van der Waals surface area contributed by atoms with E-state index >= 15 is 0 Å². The van der Waals surface area contributed by atoms with Gasteiger partial charge in [0.05, 0.1) is 11.3 Å². The van der Waals surface area contributed by atoms with Crippen LogP contribution < -0.4 is 10.6 Å². The molecule has 3 rings (SSSR count). The minimum absolute atomic E-state index is 0.0174. The Balaban J connectivity index is 1.49. The van der Waals surface area contributed by atoms with Crippen LogP contribution in [0.4, 0.5) is 14.5 Å². The number of halogens is 2. The Morgan fingerprint density at radius 3 is 2.68 bits per heavy atom. The van der Waals surface area contributed by atoms with E-state index in [1.54, 1.807) is 30.7 Å². The fraction of sp³-hybridized carbons (Fsp3) is 0.238. The van der Waals surface area contributed by atoms with E-state index < -0.39 is 17.5 Å². The van der Waals surface area contributed by atoms with Crippen molar-refractivity contribution < 1.29 is 18.4 Å². The summed E-state index contributed by atoms with van der Waals surface area (Å²) in [6, 6.07) is 9.96. The zero-order chi connectivity index (χ0) is 22.4. The number of rotatable bonds is 8. The average Bonchev–Trinajstić information content (AvgIpc) is 3.09. The van der Waals surface area contributed by atoms with Crippen LogP contribution in [0.2, 0.25) is 0 Å². The van der Waals surface area contributed by atoms with Gasteiger partial charge in [-0.05, 0) is 36.8 Å². The first kappa shape index (κ1) is 22.4. The summed E-state index contributed by atoms with van der Waals surface area (Å²) in [5.74, 6) is -1.11. The van der Waals surface area contributed by atoms with E-state index in [1.807, 2.05) is 0 Å². The van der Waals surface area contributed by atoms with Crippen molar-refractivity contribution in [3.05, 3.63) is 71.1 Å². The lowest BCUT2D eigenvalue weighted by Crippen LogP contribution is -2.27. The van der Waals surface area contributed by atoms with E-state index in [0.717, 1.165) is 5.56 Å². The molecule has 0 bridgehead atoms. The second-order valence-electron chi connectivity index (χ2n) is 6.74. The van der Waals surface area contributed by atoms with Gasteiger partial charge in [0, 0.05) is 25.7 Å². The number of aryl methyl sites for hydroxylation is 1.